The van der Waals surface area contributed by atoms with E-state index >= 15 is 0 Å². The molecule has 1 N–H and O–H groups in total. The van der Waals surface area contributed by atoms with E-state index in [0.717, 1.165) is 5.69 Å². The maximum Gasteiger partial charge on any atom is 0.252 e. The number of hydrogen-bond donors (Lipinski definition) is 1. The van der Waals surface area contributed by atoms with Crippen LogP contribution in [0.5, 0.6) is 0 Å². The van der Waals surface area contributed by atoms with Crippen LogP contribution >= 0.6 is 0 Å². The molecule has 0 fully saturated rings. The molecule has 0 saturated heterocycles. The van der Waals surface area contributed by atoms with Crippen molar-refractivity contribution in [3.05, 3.63) is 54.3 Å². The van der Waals surface area contributed by atoms with Crippen molar-refractivity contribution in [2.45, 2.75) is 12.8 Å². The molecule has 0 radical (unpaired) electrons. The van der Waals surface area contributed by atoms with Crippen LogP contribution in [0.1, 0.15) is 17.7 Å². The lowest BCUT2D eigenvalue weighted by atomic mass is 10.2. The first-order valence-electron chi connectivity index (χ1n) is 10.1. The fraction of sp³-hybridized carbons (Fsp3) is 0.286. The summed E-state index contributed by atoms with van der Waals surface area (Å²) in [4.78, 5) is 29.3. The van der Waals surface area contributed by atoms with Crippen molar-refractivity contribution in [3.8, 4) is 23.0 Å². The summed E-state index contributed by atoms with van der Waals surface area (Å²) in [5.41, 5.74) is 2.63. The lowest BCUT2D eigenvalue weighted by Gasteiger charge is -2.13. The Kier molecular flexibility index (Phi) is 7.27. The maximum atomic E-state index is 12.0. The smallest absolute Gasteiger partial charge is 0.252 e. The topological polar surface area (TPSA) is 152 Å². The van der Waals surface area contributed by atoms with Crippen LogP contribution in [0.25, 0.3) is 23.0 Å². The van der Waals surface area contributed by atoms with Gasteiger partial charge in [0.25, 0.3) is 5.91 Å². The lowest BCUT2D eigenvalue weighted by Crippen LogP contribution is -2.19. The van der Waals surface area contributed by atoms with E-state index in [4.69, 9.17) is 18.6 Å². The second kappa shape index (κ2) is 10.7. The number of carbonyl (C=O) groups is 1. The summed E-state index contributed by atoms with van der Waals surface area (Å²) in [5, 5.41) is 11.0. The molecule has 34 heavy (non-hydrogen) atoms. The summed E-state index contributed by atoms with van der Waals surface area (Å²) in [6, 6.07) is 7.19. The Labute approximate surface area is 194 Å². The van der Waals surface area contributed by atoms with Gasteiger partial charge in [-0.25, -0.2) is 19.6 Å². The molecule has 4 aromatic heterocycles. The van der Waals surface area contributed by atoms with E-state index in [1.807, 2.05) is 18.2 Å². The molecule has 4 rings (SSSR count). The van der Waals surface area contributed by atoms with Gasteiger partial charge in [0.2, 0.25) is 18.1 Å². The highest BCUT2D eigenvalue weighted by atomic mass is 16.7. The molecule has 0 aliphatic heterocycles. The maximum absolute atomic E-state index is 12.0. The average molecular weight is 466 g/mol. The number of nitrogens with zero attached hydrogens (tertiary/aromatic N) is 7. The first-order chi connectivity index (χ1) is 16.6. The molecule has 0 unspecified atom stereocenters. The van der Waals surface area contributed by atoms with Gasteiger partial charge in [0.05, 0.1) is 36.0 Å². The summed E-state index contributed by atoms with van der Waals surface area (Å²) in [7, 11) is 4.52. The standard InChI is InChI=1S/C21H22N8O5/c1-31-12-18(30)26-21-24-15(9-16(25-21)19-22-7-8-34-19)17-11-29(28-27-17)10-13-5-4-6-14(23-13)20(32-2)33-3/h4-9,11,20H,10,12H2,1-3H3,(H,24,25,26,30). The van der Waals surface area contributed by atoms with Crippen LogP contribution in [-0.2, 0) is 25.5 Å². The highest BCUT2D eigenvalue weighted by molar-refractivity contribution is 5.90. The summed E-state index contributed by atoms with van der Waals surface area (Å²) in [5.74, 6) is -0.0787. The van der Waals surface area contributed by atoms with Gasteiger partial charge in [0, 0.05) is 21.3 Å². The molecule has 1 amide bonds. The van der Waals surface area contributed by atoms with Gasteiger partial charge in [-0.2, -0.15) is 0 Å². The van der Waals surface area contributed by atoms with Gasteiger partial charge in [0.1, 0.15) is 24.3 Å². The number of nitrogens with one attached hydrogen (secondary N) is 1. The molecule has 0 aliphatic carbocycles. The molecule has 13 nitrogen and oxygen atoms in total. The number of carbonyl (C=O) groups excluding carboxylic acids is 1. The molecular weight excluding hydrogens is 444 g/mol. The van der Waals surface area contributed by atoms with E-state index in [1.54, 1.807) is 31.2 Å². The number of ether oxygens (including phenoxy) is 3. The lowest BCUT2D eigenvalue weighted by molar-refractivity contribution is -0.119. The normalized spacial score (nSPS) is 11.2. The summed E-state index contributed by atoms with van der Waals surface area (Å²) < 4.78 is 22.3. The van der Waals surface area contributed by atoms with Gasteiger partial charge in [0.15, 0.2) is 0 Å². The second-order valence-corrected chi connectivity index (χ2v) is 6.94. The Morgan fingerprint density at radius 1 is 1.12 bits per heavy atom. The number of pyridine rings is 1. The van der Waals surface area contributed by atoms with Crippen LogP contribution in [-0.4, -0.2) is 68.8 Å². The van der Waals surface area contributed by atoms with E-state index in [2.05, 4.69) is 35.6 Å². The van der Waals surface area contributed by atoms with Gasteiger partial charge in [-0.3, -0.25) is 15.1 Å². The van der Waals surface area contributed by atoms with E-state index in [-0.39, 0.29) is 18.4 Å². The van der Waals surface area contributed by atoms with Gasteiger partial charge in [-0.05, 0) is 18.2 Å². The first-order valence-corrected chi connectivity index (χ1v) is 10.1. The molecule has 0 aliphatic rings. The molecule has 0 aromatic carbocycles. The monoisotopic (exact) mass is 466 g/mol. The third kappa shape index (κ3) is 5.46. The van der Waals surface area contributed by atoms with Gasteiger partial charge in [-0.1, -0.05) is 11.3 Å². The number of anilines is 1. The zero-order chi connectivity index (χ0) is 23.9. The minimum absolute atomic E-state index is 0.0573. The van der Waals surface area contributed by atoms with Crippen LogP contribution < -0.4 is 5.32 Å². The van der Waals surface area contributed by atoms with Crippen LogP contribution in [0.4, 0.5) is 5.95 Å². The zero-order valence-corrected chi connectivity index (χ0v) is 18.7. The van der Waals surface area contributed by atoms with Gasteiger partial charge >= 0.3 is 0 Å². The van der Waals surface area contributed by atoms with Crippen molar-refractivity contribution in [3.63, 3.8) is 0 Å². The fourth-order valence-corrected chi connectivity index (χ4v) is 3.10. The molecule has 4 aromatic rings. The Morgan fingerprint density at radius 2 is 1.94 bits per heavy atom. The molecule has 0 atom stereocenters. The van der Waals surface area contributed by atoms with Crippen molar-refractivity contribution in [2.75, 3.05) is 33.3 Å². The van der Waals surface area contributed by atoms with Crippen molar-refractivity contribution in [1.82, 2.24) is 34.9 Å². The summed E-state index contributed by atoms with van der Waals surface area (Å²) in [6.07, 6.45) is 4.07. The number of oxazole rings is 1. The summed E-state index contributed by atoms with van der Waals surface area (Å²) >= 11 is 0. The molecular formula is C21H22N8O5. The van der Waals surface area contributed by atoms with Crippen molar-refractivity contribution < 1.29 is 23.4 Å². The predicted octanol–water partition coefficient (Wildman–Crippen LogP) is 1.71. The quantitative estimate of drug-likeness (QED) is 0.340. The molecule has 13 heteroatoms. The van der Waals surface area contributed by atoms with Crippen molar-refractivity contribution >= 4 is 11.9 Å². The number of hydrogen-bond acceptors (Lipinski definition) is 11. The number of rotatable bonds is 10. The predicted molar refractivity (Wildman–Crippen MR) is 117 cm³/mol. The Morgan fingerprint density at radius 3 is 2.68 bits per heavy atom. The van der Waals surface area contributed by atoms with Crippen molar-refractivity contribution in [1.29, 1.82) is 0 Å². The Hall–Kier alpha value is -4.07. The van der Waals surface area contributed by atoms with Gasteiger partial charge < -0.3 is 18.6 Å². The Bertz CT molecular complexity index is 1240. The van der Waals surface area contributed by atoms with E-state index in [0.29, 0.717) is 29.3 Å². The first kappa shape index (κ1) is 23.1. The number of aromatic nitrogens is 7. The van der Waals surface area contributed by atoms with E-state index in [1.165, 1.54) is 19.6 Å². The highest BCUT2D eigenvalue weighted by Gasteiger charge is 2.16. The van der Waals surface area contributed by atoms with E-state index in [9.17, 15) is 4.79 Å². The number of amides is 1. The van der Waals surface area contributed by atoms with Crippen LogP contribution in [0.15, 0.2) is 47.3 Å². The third-order valence-corrected chi connectivity index (χ3v) is 4.53. The highest BCUT2D eigenvalue weighted by Crippen LogP contribution is 2.23. The molecule has 4 heterocycles. The van der Waals surface area contributed by atoms with E-state index < -0.39 is 12.2 Å². The molecule has 0 bridgehead atoms. The van der Waals surface area contributed by atoms with Gasteiger partial charge in [-0.15, -0.1) is 5.10 Å². The largest absolute Gasteiger partial charge is 0.443 e. The number of methoxy groups -OCH3 is 3. The molecule has 176 valence electrons. The SMILES string of the molecule is COCC(=O)Nc1nc(-c2cn(Cc3cccc(C(OC)OC)n3)nn2)cc(-c2ncco2)n1. The Balaban J connectivity index is 1.60. The minimum atomic E-state index is -0.562. The van der Waals surface area contributed by atoms with Crippen molar-refractivity contribution in [2.24, 2.45) is 0 Å². The fourth-order valence-electron chi connectivity index (χ4n) is 3.10. The van der Waals surface area contributed by atoms with Crippen LogP contribution in [0.2, 0.25) is 0 Å². The second-order valence-electron chi connectivity index (χ2n) is 6.94. The summed E-state index contributed by atoms with van der Waals surface area (Å²) in [6.45, 7) is 0.216. The minimum Gasteiger partial charge on any atom is -0.443 e. The molecule has 0 saturated carbocycles. The average Bonchev–Trinajstić information content (AvgIpc) is 3.53. The zero-order valence-electron chi connectivity index (χ0n) is 18.7. The third-order valence-electron chi connectivity index (χ3n) is 4.53. The van der Waals surface area contributed by atoms with Crippen LogP contribution in [0, 0.1) is 0 Å². The molecule has 0 spiro atoms. The van der Waals surface area contributed by atoms with Crippen LogP contribution in [0.3, 0.4) is 0 Å².